The fraction of sp³-hybridized carbons (Fsp3) is 0.353. The zero-order chi connectivity index (χ0) is 19.4. The van der Waals surface area contributed by atoms with Gasteiger partial charge in [-0.25, -0.2) is 0 Å². The number of benzene rings is 1. The van der Waals surface area contributed by atoms with Crippen LogP contribution in [0.2, 0.25) is 0 Å². The Hall–Kier alpha value is -2.00. The minimum absolute atomic E-state index is 0.00133. The quantitative estimate of drug-likeness (QED) is 0.641. The maximum absolute atomic E-state index is 12.2. The average molecular weight is 444 g/mol. The molecule has 1 aliphatic heterocycles. The van der Waals surface area contributed by atoms with Gasteiger partial charge >= 0.3 is 5.97 Å². The minimum atomic E-state index is -1.25. The molecule has 7 nitrogen and oxygen atoms in total. The number of amides is 2. The monoisotopic (exact) mass is 443 g/mol. The summed E-state index contributed by atoms with van der Waals surface area (Å²) >= 11 is 4.14. The molecule has 1 atom stereocenters. The van der Waals surface area contributed by atoms with Crippen molar-refractivity contribution in [3.63, 3.8) is 0 Å². The number of carbonyl (C=O) groups is 3. The number of rotatable bonds is 7. The van der Waals surface area contributed by atoms with Crippen LogP contribution < -0.4 is 9.47 Å². The molecule has 26 heavy (non-hydrogen) atoms. The van der Waals surface area contributed by atoms with E-state index in [1.165, 1.54) is 13.2 Å². The molecule has 0 saturated carbocycles. The van der Waals surface area contributed by atoms with E-state index in [0.29, 0.717) is 38.2 Å². The highest BCUT2D eigenvalue weighted by Gasteiger charge is 2.36. The van der Waals surface area contributed by atoms with Crippen LogP contribution in [0.4, 0.5) is 4.79 Å². The van der Waals surface area contributed by atoms with Crippen molar-refractivity contribution in [3.05, 3.63) is 27.1 Å². The molecule has 2 amide bonds. The van der Waals surface area contributed by atoms with Crippen LogP contribution in [0.3, 0.4) is 0 Å². The molecule has 1 aromatic rings. The van der Waals surface area contributed by atoms with Gasteiger partial charge in [0.1, 0.15) is 6.54 Å². The number of carbonyl (C=O) groups excluding carboxylic acids is 2. The molecule has 0 spiro atoms. The van der Waals surface area contributed by atoms with Crippen molar-refractivity contribution < 1.29 is 29.0 Å². The van der Waals surface area contributed by atoms with Crippen LogP contribution in [0.15, 0.2) is 21.5 Å². The van der Waals surface area contributed by atoms with Crippen molar-refractivity contribution in [3.8, 4) is 11.5 Å². The molecule has 0 aliphatic carbocycles. The fourth-order valence-electron chi connectivity index (χ4n) is 2.14. The molecular formula is C17H18BrNO6S. The predicted octanol–water partition coefficient (Wildman–Crippen LogP) is 3.76. The maximum atomic E-state index is 12.2. The average Bonchev–Trinajstić information content (AvgIpc) is 2.83. The van der Waals surface area contributed by atoms with Crippen LogP contribution >= 0.6 is 27.7 Å². The molecule has 1 fully saturated rings. The number of ether oxygens (including phenoxy) is 2. The van der Waals surface area contributed by atoms with E-state index in [0.717, 1.165) is 6.42 Å². The lowest BCUT2D eigenvalue weighted by Crippen LogP contribution is -2.33. The molecule has 1 heterocycles. The second kappa shape index (κ2) is 8.59. The molecule has 140 valence electrons. The smallest absolute Gasteiger partial charge is 0.323 e. The van der Waals surface area contributed by atoms with Crippen LogP contribution in [-0.4, -0.2) is 46.9 Å². The van der Waals surface area contributed by atoms with Crippen molar-refractivity contribution >= 4 is 50.9 Å². The van der Waals surface area contributed by atoms with Crippen LogP contribution in [0.25, 0.3) is 6.08 Å². The van der Waals surface area contributed by atoms with Gasteiger partial charge in [-0.2, -0.15) is 0 Å². The summed E-state index contributed by atoms with van der Waals surface area (Å²) in [4.78, 5) is 35.7. The zero-order valence-electron chi connectivity index (χ0n) is 14.4. The second-order valence-corrected chi connectivity index (χ2v) is 7.38. The third-order valence-electron chi connectivity index (χ3n) is 3.61. The van der Waals surface area contributed by atoms with Gasteiger partial charge in [0.05, 0.1) is 22.6 Å². The SMILES string of the molecule is CC[C@H](C)Oc1c(Br)cc(/C=C2/SC(=O)N(CC(=O)O)C2=O)cc1OC. The van der Waals surface area contributed by atoms with Gasteiger partial charge in [-0.15, -0.1) is 0 Å². The normalized spacial score (nSPS) is 16.9. The number of nitrogens with zero attached hydrogens (tertiary/aromatic N) is 1. The topological polar surface area (TPSA) is 93.1 Å². The maximum Gasteiger partial charge on any atom is 0.323 e. The van der Waals surface area contributed by atoms with Gasteiger partial charge in [0.25, 0.3) is 11.1 Å². The van der Waals surface area contributed by atoms with Crippen molar-refractivity contribution in [2.45, 2.75) is 26.4 Å². The van der Waals surface area contributed by atoms with E-state index in [2.05, 4.69) is 15.9 Å². The minimum Gasteiger partial charge on any atom is -0.493 e. The van der Waals surface area contributed by atoms with Gasteiger partial charge in [0, 0.05) is 0 Å². The molecule has 1 saturated heterocycles. The summed E-state index contributed by atoms with van der Waals surface area (Å²) in [6, 6.07) is 3.43. The Balaban J connectivity index is 2.33. The number of carboxylic acid groups (broad SMARTS) is 1. The van der Waals surface area contributed by atoms with E-state index in [1.807, 2.05) is 13.8 Å². The lowest BCUT2D eigenvalue weighted by molar-refractivity contribution is -0.140. The summed E-state index contributed by atoms with van der Waals surface area (Å²) in [5, 5.41) is 8.20. The number of methoxy groups -OCH3 is 1. The Morgan fingerprint density at radius 2 is 2.12 bits per heavy atom. The summed E-state index contributed by atoms with van der Waals surface area (Å²) in [5.74, 6) is -0.837. The number of aliphatic carboxylic acids is 1. The zero-order valence-corrected chi connectivity index (χ0v) is 16.8. The molecule has 1 aromatic carbocycles. The Labute approximate surface area is 163 Å². The van der Waals surface area contributed by atoms with Gasteiger partial charge in [0.2, 0.25) is 0 Å². The number of hydrogen-bond donors (Lipinski definition) is 1. The number of thioether (sulfide) groups is 1. The Bertz CT molecular complexity index is 779. The first-order chi connectivity index (χ1) is 12.3. The molecule has 1 N–H and O–H groups in total. The van der Waals surface area contributed by atoms with Crippen molar-refractivity contribution in [2.75, 3.05) is 13.7 Å². The number of carboxylic acids is 1. The molecule has 2 rings (SSSR count). The van der Waals surface area contributed by atoms with E-state index in [4.69, 9.17) is 14.6 Å². The highest BCUT2D eigenvalue weighted by Crippen LogP contribution is 2.39. The highest BCUT2D eigenvalue weighted by atomic mass is 79.9. The van der Waals surface area contributed by atoms with Gasteiger partial charge in [-0.1, -0.05) is 6.92 Å². The van der Waals surface area contributed by atoms with Crippen LogP contribution in [-0.2, 0) is 9.59 Å². The van der Waals surface area contributed by atoms with Gasteiger partial charge in [-0.05, 0) is 64.8 Å². The van der Waals surface area contributed by atoms with Crippen LogP contribution in [0, 0.1) is 0 Å². The summed E-state index contributed by atoms with van der Waals surface area (Å²) in [7, 11) is 1.51. The third-order valence-corrected chi connectivity index (χ3v) is 5.11. The lowest BCUT2D eigenvalue weighted by Gasteiger charge is -2.17. The van der Waals surface area contributed by atoms with E-state index in [9.17, 15) is 14.4 Å². The molecular weight excluding hydrogens is 426 g/mol. The number of hydrogen-bond acceptors (Lipinski definition) is 6. The van der Waals surface area contributed by atoms with Gasteiger partial charge in [-0.3, -0.25) is 19.3 Å². The first kappa shape index (κ1) is 20.3. The first-order valence-corrected chi connectivity index (χ1v) is 9.39. The summed E-state index contributed by atoms with van der Waals surface area (Å²) in [6.45, 7) is 3.29. The van der Waals surface area contributed by atoms with Gasteiger partial charge < -0.3 is 14.6 Å². The molecule has 1 aliphatic rings. The van der Waals surface area contributed by atoms with Crippen molar-refractivity contribution in [1.82, 2.24) is 4.90 Å². The molecule has 0 radical (unpaired) electrons. The second-order valence-electron chi connectivity index (χ2n) is 5.53. The predicted molar refractivity (Wildman–Crippen MR) is 101 cm³/mol. The van der Waals surface area contributed by atoms with Crippen LogP contribution in [0.5, 0.6) is 11.5 Å². The standard InChI is InChI=1S/C17H18BrNO6S/c1-4-9(2)25-15-11(18)5-10(6-12(15)24-3)7-13-16(22)19(8-14(20)21)17(23)26-13/h5-7,9H,4,8H2,1-3H3,(H,20,21)/b13-7+/t9-/m0/s1. The Morgan fingerprint density at radius 1 is 1.42 bits per heavy atom. The molecule has 0 bridgehead atoms. The fourth-order valence-corrected chi connectivity index (χ4v) is 3.54. The highest BCUT2D eigenvalue weighted by molar-refractivity contribution is 9.10. The summed E-state index contributed by atoms with van der Waals surface area (Å²) < 4.78 is 11.9. The van der Waals surface area contributed by atoms with Crippen LogP contribution in [0.1, 0.15) is 25.8 Å². The lowest BCUT2D eigenvalue weighted by atomic mass is 10.1. The van der Waals surface area contributed by atoms with Crippen molar-refractivity contribution in [1.29, 1.82) is 0 Å². The summed E-state index contributed by atoms with van der Waals surface area (Å²) in [5.41, 5.74) is 0.617. The Morgan fingerprint density at radius 3 is 2.69 bits per heavy atom. The molecule has 0 unspecified atom stereocenters. The van der Waals surface area contributed by atoms with E-state index in [-0.39, 0.29) is 11.0 Å². The van der Waals surface area contributed by atoms with E-state index >= 15 is 0 Å². The largest absolute Gasteiger partial charge is 0.493 e. The molecule has 9 heteroatoms. The molecule has 0 aromatic heterocycles. The van der Waals surface area contributed by atoms with Gasteiger partial charge in [0.15, 0.2) is 11.5 Å². The Kier molecular flexibility index (Phi) is 6.71. The third kappa shape index (κ3) is 4.59. The van der Waals surface area contributed by atoms with E-state index < -0.39 is 23.7 Å². The summed E-state index contributed by atoms with van der Waals surface area (Å²) in [6.07, 6.45) is 2.35. The van der Waals surface area contributed by atoms with Crippen molar-refractivity contribution in [2.24, 2.45) is 0 Å². The van der Waals surface area contributed by atoms with E-state index in [1.54, 1.807) is 12.1 Å². The first-order valence-electron chi connectivity index (χ1n) is 7.78. The number of halogens is 1. The number of imide groups is 1.